The third kappa shape index (κ3) is 3.90. The van der Waals surface area contributed by atoms with Crippen molar-refractivity contribution in [3.8, 4) is 0 Å². The zero-order chi connectivity index (χ0) is 19.4. The number of anilines is 2. The number of nitrogens with one attached hydrogen (secondary N) is 1. The van der Waals surface area contributed by atoms with Gasteiger partial charge in [-0.3, -0.25) is 25.0 Å². The van der Waals surface area contributed by atoms with Crippen molar-refractivity contribution in [2.75, 3.05) is 11.1 Å². The maximum atomic E-state index is 12.3. The second-order valence-corrected chi connectivity index (χ2v) is 5.11. The molecule has 0 bridgehead atoms. The molecular weight excluding hydrogens is 367 g/mol. The first-order chi connectivity index (χ1) is 12.2. The van der Waals surface area contributed by atoms with Crippen LogP contribution in [-0.4, -0.2) is 21.7 Å². The second kappa shape index (κ2) is 7.53. The molecule has 0 aliphatic heterocycles. The van der Waals surface area contributed by atoms with Gasteiger partial charge in [0.05, 0.1) is 24.9 Å². The molecule has 1 unspecified atom stereocenters. The Morgan fingerprint density at radius 1 is 1.00 bits per heavy atom. The predicted octanol–water partition coefficient (Wildman–Crippen LogP) is 2.28. The first-order valence-electron chi connectivity index (χ1n) is 6.79. The summed E-state index contributed by atoms with van der Waals surface area (Å²) in [6.07, 6.45) is 0. The number of carbonyl (C=O) groups is 2. The fourth-order valence-electron chi connectivity index (χ4n) is 2.02. The van der Waals surface area contributed by atoms with E-state index in [2.05, 4.69) is 9.84 Å². The summed E-state index contributed by atoms with van der Waals surface area (Å²) in [7, 11) is 1.72. The fourth-order valence-corrected chi connectivity index (χ4v) is 2.16. The van der Waals surface area contributed by atoms with E-state index in [4.69, 9.17) is 5.73 Å². The molecule has 0 aromatic heterocycles. The lowest BCUT2D eigenvalue weighted by molar-refractivity contribution is -0.384. The van der Waals surface area contributed by atoms with Crippen molar-refractivity contribution in [3.63, 3.8) is 0 Å². The molecule has 1 amide bonds. The fraction of sp³-hybridized carbons (Fsp3) is 0. The molecule has 2 aromatic carbocycles. The number of nitro benzene ring substituents is 2. The quantitative estimate of drug-likeness (QED) is 0.346. The van der Waals surface area contributed by atoms with Crippen LogP contribution in [0.4, 0.5) is 22.7 Å². The van der Waals surface area contributed by atoms with E-state index in [0.29, 0.717) is 0 Å². The molecule has 1 atom stereocenters. The Hall–Kier alpha value is -3.59. The van der Waals surface area contributed by atoms with E-state index in [1.165, 1.54) is 18.2 Å². The Balaban J connectivity index is 2.37. The summed E-state index contributed by atoms with van der Waals surface area (Å²) in [5.74, 6) is -1.64. The molecule has 0 fully saturated rings. The minimum atomic E-state index is -0.822. The first kappa shape index (κ1) is 18.7. The summed E-state index contributed by atoms with van der Waals surface area (Å²) < 4.78 is 4.40. The van der Waals surface area contributed by atoms with Crippen LogP contribution in [0.25, 0.3) is 0 Å². The SMILES string of the molecule is Nc1ccc(C(=O)Nc2ccc(C(=O)OP)cc2[N+](=O)[O-])cc1[N+](=O)[O-]. The molecule has 134 valence electrons. The van der Waals surface area contributed by atoms with Gasteiger partial charge in [-0.2, -0.15) is 0 Å². The number of nitrogen functional groups attached to an aromatic ring is 1. The number of nitrogens with two attached hydrogens (primary N) is 1. The molecule has 3 N–H and O–H groups in total. The van der Waals surface area contributed by atoms with Crippen molar-refractivity contribution in [2.24, 2.45) is 0 Å². The summed E-state index contributed by atoms with van der Waals surface area (Å²) in [5, 5.41) is 24.3. The number of hydrogen-bond donors (Lipinski definition) is 2. The summed E-state index contributed by atoms with van der Waals surface area (Å²) in [6.45, 7) is 0. The van der Waals surface area contributed by atoms with Gasteiger partial charge in [-0.05, 0) is 24.3 Å². The van der Waals surface area contributed by atoms with Crippen LogP contribution in [0.3, 0.4) is 0 Å². The molecule has 0 spiro atoms. The monoisotopic (exact) mass is 378 g/mol. The third-order valence-electron chi connectivity index (χ3n) is 3.27. The minimum Gasteiger partial charge on any atom is -0.448 e. The van der Waals surface area contributed by atoms with E-state index in [9.17, 15) is 29.8 Å². The van der Waals surface area contributed by atoms with E-state index < -0.39 is 33.1 Å². The van der Waals surface area contributed by atoms with E-state index >= 15 is 0 Å². The lowest BCUT2D eigenvalue weighted by Crippen LogP contribution is -2.14. The molecular formula is C14H11N4O7P. The highest BCUT2D eigenvalue weighted by molar-refractivity contribution is 7.10. The number of benzene rings is 2. The summed E-state index contributed by atoms with van der Waals surface area (Å²) >= 11 is 0. The molecule has 26 heavy (non-hydrogen) atoms. The molecule has 0 saturated heterocycles. The lowest BCUT2D eigenvalue weighted by atomic mass is 10.1. The molecule has 2 rings (SSSR count). The molecule has 0 radical (unpaired) electrons. The molecule has 0 aliphatic rings. The smallest absolute Gasteiger partial charge is 0.340 e. The zero-order valence-electron chi connectivity index (χ0n) is 12.9. The molecule has 11 nitrogen and oxygen atoms in total. The van der Waals surface area contributed by atoms with Crippen molar-refractivity contribution >= 4 is 44.1 Å². The van der Waals surface area contributed by atoms with Gasteiger partial charge >= 0.3 is 5.97 Å². The maximum absolute atomic E-state index is 12.3. The average molecular weight is 378 g/mol. The summed E-state index contributed by atoms with van der Waals surface area (Å²) in [4.78, 5) is 44.2. The number of nitrogens with zero attached hydrogens (tertiary/aromatic N) is 2. The van der Waals surface area contributed by atoms with Crippen LogP contribution >= 0.6 is 9.47 Å². The standard InChI is InChI=1S/C14H11N4O7P/c15-9-3-1-7(5-11(9)17(21)22)13(19)16-10-4-2-8(14(20)25-26)6-12(10)18(23)24/h1-6H,15,26H2,(H,16,19). The molecule has 0 aliphatic carbocycles. The molecule has 12 heteroatoms. The van der Waals surface area contributed by atoms with Crippen molar-refractivity contribution in [2.45, 2.75) is 0 Å². The Bertz CT molecular complexity index is 932. The third-order valence-corrected chi connectivity index (χ3v) is 3.49. The topological polar surface area (TPSA) is 168 Å². The highest BCUT2D eigenvalue weighted by Gasteiger charge is 2.21. The van der Waals surface area contributed by atoms with Crippen LogP contribution in [0.1, 0.15) is 20.7 Å². The van der Waals surface area contributed by atoms with Gasteiger partial charge in [-0.15, -0.1) is 0 Å². The summed E-state index contributed by atoms with van der Waals surface area (Å²) in [5.41, 5.74) is 3.92. The first-order valence-corrected chi connectivity index (χ1v) is 7.26. The van der Waals surface area contributed by atoms with Crippen molar-refractivity contribution in [1.29, 1.82) is 0 Å². The summed E-state index contributed by atoms with van der Waals surface area (Å²) in [6, 6.07) is 6.69. The normalized spacial score (nSPS) is 10.0. The lowest BCUT2D eigenvalue weighted by Gasteiger charge is -2.08. The number of hydrogen-bond acceptors (Lipinski definition) is 8. The van der Waals surface area contributed by atoms with Crippen LogP contribution < -0.4 is 11.1 Å². The van der Waals surface area contributed by atoms with Crippen LogP contribution in [0.2, 0.25) is 0 Å². The number of amides is 1. The average Bonchev–Trinajstić information content (AvgIpc) is 2.61. The Morgan fingerprint density at radius 2 is 1.58 bits per heavy atom. The van der Waals surface area contributed by atoms with E-state index in [0.717, 1.165) is 18.2 Å². The van der Waals surface area contributed by atoms with Gasteiger partial charge < -0.3 is 15.6 Å². The van der Waals surface area contributed by atoms with Crippen LogP contribution in [0.15, 0.2) is 36.4 Å². The van der Waals surface area contributed by atoms with Crippen LogP contribution in [0, 0.1) is 20.2 Å². The molecule has 2 aromatic rings. The number of rotatable bonds is 5. The van der Waals surface area contributed by atoms with E-state index in [1.807, 2.05) is 0 Å². The Kier molecular flexibility index (Phi) is 5.43. The van der Waals surface area contributed by atoms with Crippen molar-refractivity contribution in [1.82, 2.24) is 0 Å². The van der Waals surface area contributed by atoms with E-state index in [1.54, 1.807) is 9.47 Å². The number of nitro groups is 2. The van der Waals surface area contributed by atoms with Gasteiger partial charge in [-0.1, -0.05) is 0 Å². The zero-order valence-corrected chi connectivity index (χ0v) is 14.0. The Morgan fingerprint density at radius 3 is 2.15 bits per heavy atom. The maximum Gasteiger partial charge on any atom is 0.340 e. The second-order valence-electron chi connectivity index (χ2n) is 4.88. The van der Waals surface area contributed by atoms with Crippen LogP contribution in [0.5, 0.6) is 0 Å². The van der Waals surface area contributed by atoms with Crippen LogP contribution in [-0.2, 0) is 4.52 Å². The Labute approximate surface area is 147 Å². The molecule has 0 heterocycles. The van der Waals surface area contributed by atoms with Gasteiger partial charge in [-0.25, -0.2) is 4.79 Å². The van der Waals surface area contributed by atoms with Crippen molar-refractivity contribution < 1.29 is 24.0 Å². The van der Waals surface area contributed by atoms with Gasteiger partial charge in [0.15, 0.2) is 0 Å². The minimum absolute atomic E-state index is 0.0900. The van der Waals surface area contributed by atoms with Gasteiger partial charge in [0.25, 0.3) is 17.3 Å². The van der Waals surface area contributed by atoms with Gasteiger partial charge in [0.1, 0.15) is 11.4 Å². The highest BCUT2D eigenvalue weighted by Crippen LogP contribution is 2.28. The predicted molar refractivity (Wildman–Crippen MR) is 93.7 cm³/mol. The highest BCUT2D eigenvalue weighted by atomic mass is 31.0. The van der Waals surface area contributed by atoms with Crippen molar-refractivity contribution in [3.05, 3.63) is 67.8 Å². The van der Waals surface area contributed by atoms with Gasteiger partial charge in [0, 0.05) is 17.7 Å². The van der Waals surface area contributed by atoms with E-state index in [-0.39, 0.29) is 22.5 Å². The van der Waals surface area contributed by atoms with Gasteiger partial charge in [0.2, 0.25) is 0 Å². The largest absolute Gasteiger partial charge is 0.448 e. The number of carbonyl (C=O) groups excluding carboxylic acids is 2. The molecule has 0 saturated carbocycles.